The van der Waals surface area contributed by atoms with E-state index in [0.717, 1.165) is 16.7 Å². The average Bonchev–Trinajstić information content (AvgIpc) is 2.70. The number of rotatable bonds is 2. The molecule has 0 aliphatic carbocycles. The van der Waals surface area contributed by atoms with Crippen LogP contribution in [0.1, 0.15) is 10.5 Å². The molecule has 0 saturated carbocycles. The molecule has 1 amide bonds. The lowest BCUT2D eigenvalue weighted by Gasteiger charge is -2.07. The highest BCUT2D eigenvalue weighted by Crippen LogP contribution is 2.21. The van der Waals surface area contributed by atoms with E-state index in [1.54, 1.807) is 21.2 Å². The number of carbonyl (C=O) groups is 1. The summed E-state index contributed by atoms with van der Waals surface area (Å²) in [6, 6.07) is 5.45. The Morgan fingerprint density at radius 1 is 1.44 bits per heavy atom. The number of hydrogen-bond donors (Lipinski definition) is 1. The third-order valence-electron chi connectivity index (χ3n) is 2.38. The summed E-state index contributed by atoms with van der Waals surface area (Å²) in [7, 11) is 5.00. The van der Waals surface area contributed by atoms with Crippen LogP contribution in [0.4, 0.5) is 0 Å². The van der Waals surface area contributed by atoms with Crippen LogP contribution in [0, 0.1) is 0 Å². The topological polar surface area (TPSA) is 58.2 Å². The molecule has 16 heavy (non-hydrogen) atoms. The summed E-state index contributed by atoms with van der Waals surface area (Å²) in [4.78, 5) is 13.3. The minimum Gasteiger partial charge on any atom is -0.497 e. The van der Waals surface area contributed by atoms with Crippen LogP contribution in [0.5, 0.6) is 5.75 Å². The van der Waals surface area contributed by atoms with Crippen LogP contribution in [-0.2, 0) is 0 Å². The molecule has 1 aromatic heterocycles. The van der Waals surface area contributed by atoms with E-state index >= 15 is 0 Å². The highest BCUT2D eigenvalue weighted by atomic mass is 16.5. The molecule has 0 aliphatic heterocycles. The molecule has 1 aromatic carbocycles. The predicted molar refractivity (Wildman–Crippen MR) is 60.7 cm³/mol. The molecule has 0 spiro atoms. The van der Waals surface area contributed by atoms with Crippen LogP contribution in [0.15, 0.2) is 18.2 Å². The lowest BCUT2D eigenvalue weighted by Crippen LogP contribution is -2.22. The van der Waals surface area contributed by atoms with Crippen molar-refractivity contribution in [1.82, 2.24) is 15.1 Å². The number of fused-ring (bicyclic) bond motifs is 1. The van der Waals surface area contributed by atoms with Crippen LogP contribution in [0.2, 0.25) is 0 Å². The first-order valence-electron chi connectivity index (χ1n) is 4.87. The van der Waals surface area contributed by atoms with Gasteiger partial charge in [0.25, 0.3) is 5.91 Å². The number of aromatic nitrogens is 2. The fraction of sp³-hybridized carbons (Fsp3) is 0.273. The van der Waals surface area contributed by atoms with E-state index in [0.29, 0.717) is 5.69 Å². The third kappa shape index (κ3) is 1.60. The Morgan fingerprint density at radius 2 is 2.19 bits per heavy atom. The number of hydrogen-bond acceptors (Lipinski definition) is 3. The van der Waals surface area contributed by atoms with Gasteiger partial charge in [0.2, 0.25) is 0 Å². The Labute approximate surface area is 93.0 Å². The van der Waals surface area contributed by atoms with Gasteiger partial charge in [0, 0.05) is 25.5 Å². The summed E-state index contributed by atoms with van der Waals surface area (Å²) in [6.07, 6.45) is 0. The summed E-state index contributed by atoms with van der Waals surface area (Å²) in [6.45, 7) is 0. The second kappa shape index (κ2) is 3.84. The first-order valence-corrected chi connectivity index (χ1v) is 4.87. The summed E-state index contributed by atoms with van der Waals surface area (Å²) in [5, 5.41) is 7.65. The highest BCUT2D eigenvalue weighted by Gasteiger charge is 2.15. The number of H-pyrrole nitrogens is 1. The molecule has 0 radical (unpaired) electrons. The maximum Gasteiger partial charge on any atom is 0.274 e. The molecule has 0 unspecified atom stereocenters. The molecule has 0 atom stereocenters. The lowest BCUT2D eigenvalue weighted by molar-refractivity contribution is 0.0824. The number of aromatic amines is 1. The second-order valence-corrected chi connectivity index (χ2v) is 3.68. The van der Waals surface area contributed by atoms with Gasteiger partial charge in [-0.2, -0.15) is 5.10 Å². The minimum atomic E-state index is -0.114. The van der Waals surface area contributed by atoms with Gasteiger partial charge < -0.3 is 9.64 Å². The quantitative estimate of drug-likeness (QED) is 0.827. The van der Waals surface area contributed by atoms with Gasteiger partial charge in [0.1, 0.15) is 5.75 Å². The standard InChI is InChI=1S/C11H13N3O2/c1-14(2)11(15)10-8-5-4-7(16-3)6-9(8)12-13-10/h4-6H,1-3H3,(H,12,13). The number of carbonyl (C=O) groups excluding carboxylic acids is 1. The minimum absolute atomic E-state index is 0.114. The maximum absolute atomic E-state index is 11.8. The molecule has 84 valence electrons. The molecule has 1 N–H and O–H groups in total. The zero-order valence-corrected chi connectivity index (χ0v) is 9.44. The second-order valence-electron chi connectivity index (χ2n) is 3.68. The molecule has 0 fully saturated rings. The zero-order chi connectivity index (χ0) is 11.7. The molecule has 1 heterocycles. The Morgan fingerprint density at radius 3 is 2.81 bits per heavy atom. The number of benzene rings is 1. The molecular formula is C11H13N3O2. The van der Waals surface area contributed by atoms with Gasteiger partial charge in [-0.25, -0.2) is 0 Å². The van der Waals surface area contributed by atoms with Gasteiger partial charge in [0.05, 0.1) is 12.6 Å². The van der Waals surface area contributed by atoms with Crippen LogP contribution in [-0.4, -0.2) is 42.2 Å². The lowest BCUT2D eigenvalue weighted by atomic mass is 10.2. The van der Waals surface area contributed by atoms with Gasteiger partial charge in [-0.3, -0.25) is 9.89 Å². The van der Waals surface area contributed by atoms with E-state index in [4.69, 9.17) is 4.74 Å². The highest BCUT2D eigenvalue weighted by molar-refractivity contribution is 6.04. The molecule has 5 heteroatoms. The first-order chi connectivity index (χ1) is 7.63. The van der Waals surface area contributed by atoms with Crippen molar-refractivity contribution in [1.29, 1.82) is 0 Å². The Balaban J connectivity index is 2.53. The number of amides is 1. The maximum atomic E-state index is 11.8. The monoisotopic (exact) mass is 219 g/mol. The Bertz CT molecular complexity index is 531. The van der Waals surface area contributed by atoms with Crippen molar-refractivity contribution in [2.75, 3.05) is 21.2 Å². The molecule has 0 bridgehead atoms. The van der Waals surface area contributed by atoms with E-state index in [1.807, 2.05) is 18.2 Å². The summed E-state index contributed by atoms with van der Waals surface area (Å²) in [5.74, 6) is 0.622. The van der Waals surface area contributed by atoms with Crippen molar-refractivity contribution in [3.05, 3.63) is 23.9 Å². The third-order valence-corrected chi connectivity index (χ3v) is 2.38. The summed E-state index contributed by atoms with van der Waals surface area (Å²) in [5.41, 5.74) is 1.23. The predicted octanol–water partition coefficient (Wildman–Crippen LogP) is 1.27. The zero-order valence-electron chi connectivity index (χ0n) is 9.44. The smallest absolute Gasteiger partial charge is 0.274 e. The normalized spacial score (nSPS) is 10.4. The van der Waals surface area contributed by atoms with Gasteiger partial charge in [-0.1, -0.05) is 0 Å². The van der Waals surface area contributed by atoms with Crippen molar-refractivity contribution < 1.29 is 9.53 Å². The number of nitrogens with one attached hydrogen (secondary N) is 1. The van der Waals surface area contributed by atoms with Crippen molar-refractivity contribution in [3.63, 3.8) is 0 Å². The molecule has 2 aromatic rings. The van der Waals surface area contributed by atoms with E-state index in [2.05, 4.69) is 10.2 Å². The largest absolute Gasteiger partial charge is 0.497 e. The van der Waals surface area contributed by atoms with Crippen molar-refractivity contribution in [2.45, 2.75) is 0 Å². The first kappa shape index (κ1) is 10.5. The SMILES string of the molecule is COc1ccc2c(C(=O)N(C)C)n[nH]c2c1. The molecule has 0 aliphatic rings. The van der Waals surface area contributed by atoms with Crippen molar-refractivity contribution >= 4 is 16.8 Å². The Kier molecular flexibility index (Phi) is 2.52. The number of methoxy groups -OCH3 is 1. The molecule has 2 rings (SSSR count). The van der Waals surface area contributed by atoms with Gasteiger partial charge in [0.15, 0.2) is 5.69 Å². The van der Waals surface area contributed by atoms with E-state index in [1.165, 1.54) is 4.90 Å². The van der Waals surface area contributed by atoms with Gasteiger partial charge in [-0.15, -0.1) is 0 Å². The number of ether oxygens (including phenoxy) is 1. The molecule has 0 saturated heterocycles. The van der Waals surface area contributed by atoms with Gasteiger partial charge in [-0.05, 0) is 12.1 Å². The van der Waals surface area contributed by atoms with E-state index in [-0.39, 0.29) is 5.91 Å². The molecule has 5 nitrogen and oxygen atoms in total. The van der Waals surface area contributed by atoms with Crippen molar-refractivity contribution in [2.24, 2.45) is 0 Å². The fourth-order valence-electron chi connectivity index (χ4n) is 1.50. The fourth-order valence-corrected chi connectivity index (χ4v) is 1.50. The van der Waals surface area contributed by atoms with Crippen LogP contribution in [0.25, 0.3) is 10.9 Å². The van der Waals surface area contributed by atoms with E-state index < -0.39 is 0 Å². The van der Waals surface area contributed by atoms with Crippen LogP contribution >= 0.6 is 0 Å². The van der Waals surface area contributed by atoms with Crippen LogP contribution in [0.3, 0.4) is 0 Å². The summed E-state index contributed by atoms with van der Waals surface area (Å²) >= 11 is 0. The average molecular weight is 219 g/mol. The van der Waals surface area contributed by atoms with Crippen molar-refractivity contribution in [3.8, 4) is 5.75 Å². The molecular weight excluding hydrogens is 206 g/mol. The number of nitrogens with zero attached hydrogens (tertiary/aromatic N) is 2. The van der Waals surface area contributed by atoms with E-state index in [9.17, 15) is 4.79 Å². The Hall–Kier alpha value is -2.04. The summed E-state index contributed by atoms with van der Waals surface area (Å²) < 4.78 is 5.10. The van der Waals surface area contributed by atoms with Gasteiger partial charge >= 0.3 is 0 Å². The van der Waals surface area contributed by atoms with Crippen LogP contribution < -0.4 is 4.74 Å².